The first-order valence-electron chi connectivity index (χ1n) is 5.08. The van der Waals surface area contributed by atoms with Crippen LogP contribution in [0.25, 0.3) is 0 Å². The van der Waals surface area contributed by atoms with Crippen molar-refractivity contribution in [1.82, 2.24) is 0 Å². The molecule has 0 bridgehead atoms. The van der Waals surface area contributed by atoms with Crippen LogP contribution in [0.5, 0.6) is 0 Å². The van der Waals surface area contributed by atoms with Gasteiger partial charge >= 0.3 is 6.16 Å². The average molecular weight is 228 g/mol. The maximum atomic E-state index is 11.2. The van der Waals surface area contributed by atoms with Gasteiger partial charge in [-0.15, -0.1) is 0 Å². The van der Waals surface area contributed by atoms with Gasteiger partial charge in [0.05, 0.1) is 0 Å². The number of hydrogen-bond acceptors (Lipinski definition) is 5. The molecule has 0 N–H and O–H groups in total. The second-order valence-corrected chi connectivity index (χ2v) is 4.48. The van der Waals surface area contributed by atoms with Gasteiger partial charge in [0, 0.05) is 6.42 Å². The number of aldehydes is 1. The van der Waals surface area contributed by atoms with Crippen molar-refractivity contribution >= 4 is 12.4 Å². The van der Waals surface area contributed by atoms with Gasteiger partial charge in [0.1, 0.15) is 18.3 Å². The summed E-state index contributed by atoms with van der Waals surface area (Å²) in [5, 5.41) is 0. The van der Waals surface area contributed by atoms with E-state index in [-0.39, 0.29) is 18.5 Å². The summed E-state index contributed by atoms with van der Waals surface area (Å²) in [5.74, 6) is 0.290. The monoisotopic (exact) mass is 228 g/mol. The number of ether oxygens (including phenoxy) is 3. The molecule has 1 aliphatic heterocycles. The molecule has 0 aromatic carbocycles. The standard InChI is InChI=1S/C11H16O5/c1-11(2,3)16-10(13)14-7-9-5-4-8(6-12)15-9/h4,6,9H,5,7H2,1-3H3. The quantitative estimate of drug-likeness (QED) is 0.544. The third kappa shape index (κ3) is 4.33. The van der Waals surface area contributed by atoms with Crippen LogP contribution < -0.4 is 0 Å². The van der Waals surface area contributed by atoms with E-state index in [2.05, 4.69) is 0 Å². The molecule has 0 amide bonds. The highest BCUT2D eigenvalue weighted by molar-refractivity contribution is 5.70. The van der Waals surface area contributed by atoms with Crippen molar-refractivity contribution < 1.29 is 23.8 Å². The Bertz CT molecular complexity index is 300. The summed E-state index contributed by atoms with van der Waals surface area (Å²) in [4.78, 5) is 21.5. The fraction of sp³-hybridized carbons (Fsp3) is 0.636. The maximum absolute atomic E-state index is 11.2. The minimum absolute atomic E-state index is 0.0861. The van der Waals surface area contributed by atoms with Gasteiger partial charge in [0.2, 0.25) is 0 Å². The second kappa shape index (κ2) is 5.01. The molecular weight excluding hydrogens is 212 g/mol. The Morgan fingerprint density at radius 3 is 2.81 bits per heavy atom. The van der Waals surface area contributed by atoms with E-state index < -0.39 is 11.8 Å². The van der Waals surface area contributed by atoms with Crippen LogP contribution in [-0.4, -0.2) is 30.8 Å². The summed E-state index contributed by atoms with van der Waals surface area (Å²) < 4.78 is 15.0. The number of allylic oxidation sites excluding steroid dienone is 1. The molecule has 5 heteroatoms. The molecule has 1 atom stereocenters. The Balaban J connectivity index is 2.22. The molecule has 1 rings (SSSR count). The van der Waals surface area contributed by atoms with Crippen LogP contribution in [0.3, 0.4) is 0 Å². The Morgan fingerprint density at radius 1 is 1.62 bits per heavy atom. The van der Waals surface area contributed by atoms with Gasteiger partial charge in [-0.05, 0) is 26.8 Å². The first kappa shape index (κ1) is 12.5. The van der Waals surface area contributed by atoms with E-state index in [4.69, 9.17) is 14.2 Å². The third-order valence-corrected chi connectivity index (χ3v) is 1.78. The fourth-order valence-electron chi connectivity index (χ4n) is 1.15. The highest BCUT2D eigenvalue weighted by Gasteiger charge is 2.22. The maximum Gasteiger partial charge on any atom is 0.508 e. The summed E-state index contributed by atoms with van der Waals surface area (Å²) in [6.45, 7) is 5.36. The third-order valence-electron chi connectivity index (χ3n) is 1.78. The first-order valence-corrected chi connectivity index (χ1v) is 5.08. The molecule has 0 aliphatic carbocycles. The van der Waals surface area contributed by atoms with Crippen LogP contribution in [0.1, 0.15) is 27.2 Å². The molecule has 0 fully saturated rings. The SMILES string of the molecule is CC(C)(C)OC(=O)OCC1CC=C(C=O)O1. The minimum atomic E-state index is -0.726. The van der Waals surface area contributed by atoms with E-state index >= 15 is 0 Å². The smallest absolute Gasteiger partial charge is 0.483 e. The van der Waals surface area contributed by atoms with Crippen LogP contribution in [0.2, 0.25) is 0 Å². The van der Waals surface area contributed by atoms with Crippen molar-refractivity contribution in [2.24, 2.45) is 0 Å². The summed E-state index contributed by atoms with van der Waals surface area (Å²) in [6.07, 6.45) is 1.85. The molecule has 1 unspecified atom stereocenters. The molecule has 90 valence electrons. The van der Waals surface area contributed by atoms with Crippen molar-refractivity contribution in [2.45, 2.75) is 38.9 Å². The zero-order valence-corrected chi connectivity index (χ0v) is 9.69. The number of rotatable bonds is 3. The molecule has 1 aliphatic rings. The van der Waals surface area contributed by atoms with Crippen LogP contribution in [0.15, 0.2) is 11.8 Å². The van der Waals surface area contributed by atoms with Crippen LogP contribution in [0.4, 0.5) is 4.79 Å². The van der Waals surface area contributed by atoms with Gasteiger partial charge in [-0.1, -0.05) is 0 Å². The van der Waals surface area contributed by atoms with E-state index in [1.54, 1.807) is 26.8 Å². The van der Waals surface area contributed by atoms with Crippen molar-refractivity contribution in [3.8, 4) is 0 Å². The van der Waals surface area contributed by atoms with Gasteiger partial charge in [-0.2, -0.15) is 0 Å². The number of carbonyl (C=O) groups excluding carboxylic acids is 2. The molecule has 0 radical (unpaired) electrons. The van der Waals surface area contributed by atoms with Crippen molar-refractivity contribution in [3.05, 3.63) is 11.8 Å². The summed E-state index contributed by atoms with van der Waals surface area (Å²) in [7, 11) is 0. The number of hydrogen-bond donors (Lipinski definition) is 0. The average Bonchev–Trinajstić information content (AvgIpc) is 2.59. The van der Waals surface area contributed by atoms with Crippen LogP contribution in [-0.2, 0) is 19.0 Å². The topological polar surface area (TPSA) is 61.8 Å². The molecule has 0 spiro atoms. The minimum Gasteiger partial charge on any atom is -0.483 e. The Labute approximate surface area is 94.4 Å². The molecule has 5 nitrogen and oxygen atoms in total. The van der Waals surface area contributed by atoms with Crippen LogP contribution in [0, 0.1) is 0 Å². The summed E-state index contributed by atoms with van der Waals surface area (Å²) in [5.41, 5.74) is -0.570. The van der Waals surface area contributed by atoms with E-state index in [0.29, 0.717) is 12.7 Å². The Kier molecular flexibility index (Phi) is 3.93. The molecule has 0 saturated heterocycles. The first-order chi connectivity index (χ1) is 7.40. The van der Waals surface area contributed by atoms with Crippen molar-refractivity contribution in [1.29, 1.82) is 0 Å². The predicted octanol–water partition coefficient (Wildman–Crippen LogP) is 1.81. The lowest BCUT2D eigenvalue weighted by Crippen LogP contribution is -2.27. The van der Waals surface area contributed by atoms with Gasteiger partial charge in [0.15, 0.2) is 12.0 Å². The van der Waals surface area contributed by atoms with Crippen molar-refractivity contribution in [2.75, 3.05) is 6.61 Å². The van der Waals surface area contributed by atoms with E-state index in [1.165, 1.54) is 0 Å². The largest absolute Gasteiger partial charge is 0.508 e. The van der Waals surface area contributed by atoms with Crippen LogP contribution >= 0.6 is 0 Å². The van der Waals surface area contributed by atoms with Gasteiger partial charge in [-0.25, -0.2) is 4.79 Å². The predicted molar refractivity (Wildman–Crippen MR) is 55.8 cm³/mol. The Hall–Kier alpha value is -1.52. The Morgan fingerprint density at radius 2 is 2.31 bits per heavy atom. The zero-order valence-electron chi connectivity index (χ0n) is 9.69. The molecular formula is C11H16O5. The second-order valence-electron chi connectivity index (χ2n) is 4.48. The molecule has 0 saturated carbocycles. The van der Waals surface area contributed by atoms with Gasteiger partial charge < -0.3 is 14.2 Å². The lowest BCUT2D eigenvalue weighted by molar-refractivity contribution is -0.108. The molecule has 0 aromatic rings. The lowest BCUT2D eigenvalue weighted by Gasteiger charge is -2.19. The van der Waals surface area contributed by atoms with Gasteiger partial charge in [-0.3, -0.25) is 4.79 Å². The van der Waals surface area contributed by atoms with E-state index in [1.807, 2.05) is 0 Å². The lowest BCUT2D eigenvalue weighted by atomic mass is 10.2. The van der Waals surface area contributed by atoms with Crippen molar-refractivity contribution in [3.63, 3.8) is 0 Å². The van der Waals surface area contributed by atoms with E-state index in [9.17, 15) is 9.59 Å². The normalized spacial score (nSPS) is 19.7. The van der Waals surface area contributed by atoms with Gasteiger partial charge in [0.25, 0.3) is 0 Å². The molecule has 16 heavy (non-hydrogen) atoms. The zero-order chi connectivity index (χ0) is 12.2. The molecule has 0 aromatic heterocycles. The summed E-state index contributed by atoms with van der Waals surface area (Å²) in [6, 6.07) is 0. The highest BCUT2D eigenvalue weighted by Crippen LogP contribution is 2.16. The highest BCUT2D eigenvalue weighted by atomic mass is 16.7. The van der Waals surface area contributed by atoms with E-state index in [0.717, 1.165) is 0 Å². The number of carbonyl (C=O) groups is 2. The molecule has 1 heterocycles. The summed E-state index contributed by atoms with van der Waals surface area (Å²) >= 11 is 0. The fourth-order valence-corrected chi connectivity index (χ4v) is 1.15.